The van der Waals surface area contributed by atoms with Crippen LogP contribution in [0.3, 0.4) is 0 Å². The van der Waals surface area contributed by atoms with E-state index < -0.39 is 103 Å². The Morgan fingerprint density at radius 3 is 1.17 bits per heavy atom. The van der Waals surface area contributed by atoms with Crippen LogP contribution in [0, 0.1) is 86.7 Å². The fourth-order valence-electron chi connectivity index (χ4n) is 2.80. The first-order valence-corrected chi connectivity index (χ1v) is 8.41. The first-order chi connectivity index (χ1) is 16.3. The van der Waals surface area contributed by atoms with Crippen molar-refractivity contribution in [2.45, 2.75) is 0 Å². The van der Waals surface area contributed by atoms with Gasteiger partial charge in [-0.1, -0.05) is 0 Å². The zero-order valence-corrected chi connectivity index (χ0v) is 15.9. The van der Waals surface area contributed by atoms with Crippen molar-refractivity contribution < 1.29 is 58.1 Å². The predicted molar refractivity (Wildman–Crippen MR) is 89.0 cm³/mol. The highest BCUT2D eigenvalue weighted by Crippen LogP contribution is 2.43. The molecule has 0 atom stereocenters. The quantitative estimate of drug-likeness (QED) is 0.340. The van der Waals surface area contributed by atoms with Gasteiger partial charge in [0.1, 0.15) is 23.3 Å². The average Bonchev–Trinajstić information content (AvgIpc) is 2.83. The Morgan fingerprint density at radius 2 is 0.771 bits per heavy atom. The number of benzene rings is 3. The predicted octanol–water partition coefficient (Wildman–Crippen LogP) is 6.12. The van der Waals surface area contributed by atoms with Crippen LogP contribution < -0.4 is 4.74 Å². The molecule has 0 aliphatic heterocycles. The molecule has 0 radical (unpaired) electrons. The monoisotopic (exact) mass is 510 g/mol. The van der Waals surface area contributed by atoms with Crippen LogP contribution >= 0.6 is 0 Å². The number of rotatable bonds is 3. The molecule has 0 saturated carbocycles. The van der Waals surface area contributed by atoms with E-state index in [0.717, 1.165) is 12.1 Å². The van der Waals surface area contributed by atoms with E-state index in [1.165, 1.54) is 0 Å². The van der Waals surface area contributed by atoms with Crippen molar-refractivity contribution in [3.63, 3.8) is 0 Å². The van der Waals surface area contributed by atoms with Crippen molar-refractivity contribution in [2.24, 2.45) is 0 Å². The summed E-state index contributed by atoms with van der Waals surface area (Å²) in [4.78, 5) is 0. The van der Waals surface area contributed by atoms with Crippen LogP contribution in [0.1, 0.15) is 11.1 Å². The number of aromatic hydroxyl groups is 1. The van der Waals surface area contributed by atoms with Gasteiger partial charge in [0.25, 0.3) is 0 Å². The lowest BCUT2D eigenvalue weighted by molar-refractivity contribution is 0.333. The van der Waals surface area contributed by atoms with Crippen molar-refractivity contribution in [3.8, 4) is 40.5 Å². The standard InChI is InChI=1S/C20HF11N2O2/c21-7-3(1-32)4(2-33)8(22)19(15(7)29)35-20-16(30)11(25)6(12(26)17(20)31)5-9(23)13(27)18(34)14(28)10(5)24/h34H. The number of nitrogens with zero attached hydrogens (tertiary/aromatic N) is 2. The summed E-state index contributed by atoms with van der Waals surface area (Å²) in [5.41, 5.74) is -7.78. The van der Waals surface area contributed by atoms with Crippen LogP contribution in [0.2, 0.25) is 0 Å². The van der Waals surface area contributed by atoms with Crippen LogP contribution in [0.15, 0.2) is 0 Å². The topological polar surface area (TPSA) is 77.0 Å². The molecule has 1 N–H and O–H groups in total. The van der Waals surface area contributed by atoms with Crippen LogP contribution in [0.4, 0.5) is 48.3 Å². The summed E-state index contributed by atoms with van der Waals surface area (Å²) in [5, 5.41) is 26.4. The van der Waals surface area contributed by atoms with Gasteiger partial charge in [0.2, 0.25) is 40.6 Å². The summed E-state index contributed by atoms with van der Waals surface area (Å²) in [5.74, 6) is -35.5. The maximum absolute atomic E-state index is 14.5. The molecule has 0 aliphatic rings. The molecule has 0 aromatic heterocycles. The lowest BCUT2D eigenvalue weighted by atomic mass is 10.0. The lowest BCUT2D eigenvalue weighted by Gasteiger charge is -2.16. The molecule has 0 unspecified atom stereocenters. The van der Waals surface area contributed by atoms with Gasteiger partial charge < -0.3 is 9.84 Å². The van der Waals surface area contributed by atoms with Crippen molar-refractivity contribution >= 4 is 0 Å². The van der Waals surface area contributed by atoms with Gasteiger partial charge in [0, 0.05) is 0 Å². The van der Waals surface area contributed by atoms with Crippen LogP contribution in [-0.4, -0.2) is 5.11 Å². The van der Waals surface area contributed by atoms with Gasteiger partial charge in [0.05, 0.1) is 11.1 Å². The highest BCUT2D eigenvalue weighted by molar-refractivity contribution is 5.69. The summed E-state index contributed by atoms with van der Waals surface area (Å²) in [7, 11) is 0. The molecule has 180 valence electrons. The van der Waals surface area contributed by atoms with Gasteiger partial charge in [-0.25, -0.2) is 26.3 Å². The van der Waals surface area contributed by atoms with Crippen LogP contribution in [0.25, 0.3) is 11.1 Å². The molecule has 0 saturated heterocycles. The molecule has 3 aromatic rings. The third-order valence-electron chi connectivity index (χ3n) is 4.42. The number of nitriles is 2. The number of hydrogen-bond donors (Lipinski definition) is 1. The minimum absolute atomic E-state index is 0.925. The zero-order valence-electron chi connectivity index (χ0n) is 15.9. The van der Waals surface area contributed by atoms with E-state index in [1.54, 1.807) is 0 Å². The van der Waals surface area contributed by atoms with Gasteiger partial charge in [-0.3, -0.25) is 0 Å². The molecule has 0 bridgehead atoms. The Labute approximate surface area is 185 Å². The fourth-order valence-corrected chi connectivity index (χ4v) is 2.80. The molecule has 15 heteroatoms. The van der Waals surface area contributed by atoms with Gasteiger partial charge in [-0.2, -0.15) is 32.5 Å². The molecule has 3 aromatic carbocycles. The van der Waals surface area contributed by atoms with E-state index in [2.05, 4.69) is 4.74 Å². The first-order valence-electron chi connectivity index (χ1n) is 8.41. The molecule has 4 nitrogen and oxygen atoms in total. The van der Waals surface area contributed by atoms with E-state index in [0.29, 0.717) is 0 Å². The minimum Gasteiger partial charge on any atom is -0.503 e. The Bertz CT molecular complexity index is 1470. The molecular formula is C20HF11N2O2. The SMILES string of the molecule is N#Cc1c(F)c(F)c(Oc2c(F)c(F)c(-c3c(F)c(F)c(O)c(F)c3F)c(F)c2F)c(F)c1C#N. The van der Waals surface area contributed by atoms with Gasteiger partial charge in [-0.15, -0.1) is 0 Å². The molecule has 3 rings (SSSR count). The van der Waals surface area contributed by atoms with E-state index in [1.807, 2.05) is 0 Å². The smallest absolute Gasteiger partial charge is 0.205 e. The Hall–Kier alpha value is -4.53. The Morgan fingerprint density at radius 1 is 0.457 bits per heavy atom. The largest absolute Gasteiger partial charge is 0.503 e. The van der Waals surface area contributed by atoms with Gasteiger partial charge in [0.15, 0.2) is 40.7 Å². The van der Waals surface area contributed by atoms with E-state index in [4.69, 9.17) is 15.6 Å². The summed E-state index contributed by atoms with van der Waals surface area (Å²) in [6.45, 7) is 0. The second-order valence-corrected chi connectivity index (χ2v) is 6.29. The minimum atomic E-state index is -2.81. The number of phenols is 1. The summed E-state index contributed by atoms with van der Waals surface area (Å²) >= 11 is 0. The van der Waals surface area contributed by atoms with Crippen molar-refractivity contribution in [3.05, 3.63) is 75.1 Å². The average molecular weight is 510 g/mol. The van der Waals surface area contributed by atoms with E-state index >= 15 is 0 Å². The van der Waals surface area contributed by atoms with Crippen molar-refractivity contribution in [2.75, 3.05) is 0 Å². The Kier molecular flexibility index (Phi) is 6.22. The van der Waals surface area contributed by atoms with Crippen molar-refractivity contribution in [1.29, 1.82) is 10.5 Å². The fraction of sp³-hybridized carbons (Fsp3) is 0. The molecule has 35 heavy (non-hydrogen) atoms. The maximum atomic E-state index is 14.5. The second-order valence-electron chi connectivity index (χ2n) is 6.29. The van der Waals surface area contributed by atoms with Gasteiger partial charge >= 0.3 is 0 Å². The number of ether oxygens (including phenoxy) is 1. The molecule has 0 amide bonds. The normalized spacial score (nSPS) is 10.8. The van der Waals surface area contributed by atoms with E-state index in [-0.39, 0.29) is 0 Å². The molecule has 0 fully saturated rings. The summed E-state index contributed by atoms with van der Waals surface area (Å²) in [6, 6.07) is 1.85. The summed E-state index contributed by atoms with van der Waals surface area (Å²) in [6.07, 6.45) is 0. The number of phenolic OH excluding ortho intramolecular Hbond substituents is 1. The maximum Gasteiger partial charge on any atom is 0.205 e. The van der Waals surface area contributed by atoms with Crippen LogP contribution in [-0.2, 0) is 0 Å². The number of hydrogen-bond acceptors (Lipinski definition) is 4. The molecular weight excluding hydrogens is 509 g/mol. The Balaban J connectivity index is 2.34. The molecule has 0 spiro atoms. The van der Waals surface area contributed by atoms with Crippen LogP contribution in [0.5, 0.6) is 17.2 Å². The zero-order chi connectivity index (χ0) is 26.5. The summed E-state index contributed by atoms with van der Waals surface area (Å²) < 4.78 is 160. The highest BCUT2D eigenvalue weighted by atomic mass is 19.2. The molecule has 0 heterocycles. The van der Waals surface area contributed by atoms with Crippen molar-refractivity contribution in [1.82, 2.24) is 0 Å². The number of halogens is 11. The third-order valence-corrected chi connectivity index (χ3v) is 4.42. The lowest BCUT2D eigenvalue weighted by Crippen LogP contribution is -2.10. The van der Waals surface area contributed by atoms with Gasteiger partial charge in [-0.05, 0) is 0 Å². The highest BCUT2D eigenvalue weighted by Gasteiger charge is 2.36. The first kappa shape index (κ1) is 25.1. The third kappa shape index (κ3) is 3.52. The second kappa shape index (κ2) is 8.68. The molecule has 0 aliphatic carbocycles. The van der Waals surface area contributed by atoms with E-state index in [9.17, 15) is 48.3 Å².